The Hall–Kier alpha value is -1.81. The maximum absolute atomic E-state index is 12.1. The summed E-state index contributed by atoms with van der Waals surface area (Å²) in [6.45, 7) is 5.28. The van der Waals surface area contributed by atoms with Gasteiger partial charge in [-0.25, -0.2) is 4.79 Å². The molecule has 4 rings (SSSR count). The molecule has 1 fully saturated rings. The van der Waals surface area contributed by atoms with Gasteiger partial charge in [-0.3, -0.25) is 4.90 Å². The lowest BCUT2D eigenvalue weighted by Crippen LogP contribution is -2.42. The first-order chi connectivity index (χ1) is 11.5. The van der Waals surface area contributed by atoms with Crippen molar-refractivity contribution in [2.24, 2.45) is 0 Å². The number of phenolic OH excluding ortho intramolecular Hbond substituents is 1. The van der Waals surface area contributed by atoms with E-state index in [0.717, 1.165) is 47.9 Å². The summed E-state index contributed by atoms with van der Waals surface area (Å²) in [5, 5.41) is 11.5. The summed E-state index contributed by atoms with van der Waals surface area (Å²) < 4.78 is 5.44. The maximum Gasteiger partial charge on any atom is 0.339 e. The molecule has 0 amide bonds. The highest BCUT2D eigenvalue weighted by Crippen LogP contribution is 2.34. The first-order valence-electron chi connectivity index (χ1n) is 9.11. The molecule has 0 spiro atoms. The van der Waals surface area contributed by atoms with Crippen molar-refractivity contribution in [3.8, 4) is 5.75 Å². The van der Waals surface area contributed by atoms with Crippen LogP contribution in [-0.4, -0.2) is 22.1 Å². The molecule has 0 radical (unpaired) electrons. The predicted molar refractivity (Wildman–Crippen MR) is 94.5 cm³/mol. The highest BCUT2D eigenvalue weighted by Gasteiger charge is 2.26. The van der Waals surface area contributed by atoms with Crippen LogP contribution in [0.1, 0.15) is 56.2 Å². The molecule has 1 N–H and O–H groups in total. The van der Waals surface area contributed by atoms with Gasteiger partial charge in [0, 0.05) is 41.2 Å². The maximum atomic E-state index is 12.1. The minimum atomic E-state index is -0.236. The summed E-state index contributed by atoms with van der Waals surface area (Å²) >= 11 is 0. The Kier molecular flexibility index (Phi) is 3.87. The van der Waals surface area contributed by atoms with Crippen LogP contribution in [0, 0.1) is 0 Å². The van der Waals surface area contributed by atoms with E-state index < -0.39 is 0 Å². The van der Waals surface area contributed by atoms with E-state index in [1.807, 2.05) is 6.07 Å². The highest BCUT2D eigenvalue weighted by molar-refractivity contribution is 5.84. The third-order valence-electron chi connectivity index (χ3n) is 5.90. The Morgan fingerprint density at radius 3 is 2.58 bits per heavy atom. The molecule has 128 valence electrons. The molecule has 0 bridgehead atoms. The third-order valence-corrected chi connectivity index (χ3v) is 5.90. The van der Waals surface area contributed by atoms with Crippen LogP contribution in [0.5, 0.6) is 5.75 Å². The van der Waals surface area contributed by atoms with E-state index in [1.54, 1.807) is 6.07 Å². The number of hydrogen-bond acceptors (Lipinski definition) is 4. The van der Waals surface area contributed by atoms with Gasteiger partial charge in [0.05, 0.1) is 0 Å². The monoisotopic (exact) mass is 327 g/mol. The van der Waals surface area contributed by atoms with Crippen molar-refractivity contribution >= 4 is 11.0 Å². The Morgan fingerprint density at radius 2 is 1.83 bits per heavy atom. The summed E-state index contributed by atoms with van der Waals surface area (Å²) in [6, 6.07) is 4.74. The average molecular weight is 327 g/mol. The van der Waals surface area contributed by atoms with E-state index in [9.17, 15) is 9.90 Å². The van der Waals surface area contributed by atoms with E-state index in [2.05, 4.69) is 18.7 Å². The minimum absolute atomic E-state index is 0.230. The fourth-order valence-corrected chi connectivity index (χ4v) is 4.47. The van der Waals surface area contributed by atoms with E-state index in [-0.39, 0.29) is 11.4 Å². The lowest BCUT2D eigenvalue weighted by molar-refractivity contribution is 0.0944. The van der Waals surface area contributed by atoms with Crippen molar-refractivity contribution in [3.05, 3.63) is 39.2 Å². The smallest absolute Gasteiger partial charge is 0.339 e. The molecule has 24 heavy (non-hydrogen) atoms. The minimum Gasteiger partial charge on any atom is -0.507 e. The number of hydrogen-bond donors (Lipinski definition) is 1. The molecule has 0 saturated carbocycles. The van der Waals surface area contributed by atoms with Crippen LogP contribution in [0.15, 0.2) is 21.3 Å². The first-order valence-corrected chi connectivity index (χ1v) is 9.11. The SMILES string of the molecule is C[C@@H]1CCC[C@H](C)N1Cc1cc2c3c(c(=O)oc2cc1O)CCC3. The van der Waals surface area contributed by atoms with E-state index in [0.29, 0.717) is 17.7 Å². The lowest BCUT2D eigenvalue weighted by atomic mass is 9.96. The van der Waals surface area contributed by atoms with Gasteiger partial charge in [-0.15, -0.1) is 0 Å². The number of fused-ring (bicyclic) bond motifs is 3. The van der Waals surface area contributed by atoms with Gasteiger partial charge in [0.1, 0.15) is 11.3 Å². The first kappa shape index (κ1) is 15.7. The third kappa shape index (κ3) is 2.53. The van der Waals surface area contributed by atoms with Crippen LogP contribution in [-0.2, 0) is 19.4 Å². The van der Waals surface area contributed by atoms with Gasteiger partial charge >= 0.3 is 5.63 Å². The van der Waals surface area contributed by atoms with Crippen molar-refractivity contribution in [3.63, 3.8) is 0 Å². The topological polar surface area (TPSA) is 53.7 Å². The van der Waals surface area contributed by atoms with Crippen LogP contribution in [0.3, 0.4) is 0 Å². The second-order valence-corrected chi connectivity index (χ2v) is 7.48. The van der Waals surface area contributed by atoms with Crippen molar-refractivity contribution in [2.45, 2.75) is 71.0 Å². The van der Waals surface area contributed by atoms with Gasteiger partial charge in [0.2, 0.25) is 0 Å². The van der Waals surface area contributed by atoms with E-state index in [1.165, 1.54) is 19.3 Å². The normalized spacial score (nSPS) is 24.4. The fraction of sp³-hybridized carbons (Fsp3) is 0.550. The zero-order valence-electron chi connectivity index (χ0n) is 14.5. The Balaban J connectivity index is 1.77. The van der Waals surface area contributed by atoms with Crippen LogP contribution in [0.4, 0.5) is 0 Å². The van der Waals surface area contributed by atoms with Crippen molar-refractivity contribution in [2.75, 3.05) is 0 Å². The molecule has 1 saturated heterocycles. The molecule has 0 unspecified atom stereocenters. The quantitative estimate of drug-likeness (QED) is 0.854. The Labute approximate surface area is 142 Å². The average Bonchev–Trinajstić information content (AvgIpc) is 3.02. The number of piperidine rings is 1. The van der Waals surface area contributed by atoms with Crippen LogP contribution in [0.2, 0.25) is 0 Å². The summed E-state index contributed by atoms with van der Waals surface area (Å²) in [6.07, 6.45) is 6.45. The molecular weight excluding hydrogens is 302 g/mol. The van der Waals surface area contributed by atoms with Gasteiger partial charge in [0.15, 0.2) is 0 Å². The summed E-state index contributed by atoms with van der Waals surface area (Å²) in [5.41, 5.74) is 3.18. The molecule has 1 aromatic heterocycles. The molecule has 2 heterocycles. The van der Waals surface area contributed by atoms with Crippen LogP contribution in [0.25, 0.3) is 11.0 Å². The predicted octanol–water partition coefficient (Wildman–Crippen LogP) is 3.75. The van der Waals surface area contributed by atoms with Gasteiger partial charge in [-0.05, 0) is 57.6 Å². The van der Waals surface area contributed by atoms with Crippen molar-refractivity contribution in [1.29, 1.82) is 0 Å². The fourth-order valence-electron chi connectivity index (χ4n) is 4.47. The Morgan fingerprint density at radius 1 is 1.12 bits per heavy atom. The number of benzene rings is 1. The second kappa shape index (κ2) is 5.92. The van der Waals surface area contributed by atoms with E-state index in [4.69, 9.17) is 4.42 Å². The van der Waals surface area contributed by atoms with Gasteiger partial charge in [0.25, 0.3) is 0 Å². The lowest BCUT2D eigenvalue weighted by Gasteiger charge is -2.39. The molecular formula is C20H25NO3. The number of rotatable bonds is 2. The van der Waals surface area contributed by atoms with Crippen molar-refractivity contribution < 1.29 is 9.52 Å². The zero-order valence-corrected chi connectivity index (χ0v) is 14.5. The molecule has 2 atom stereocenters. The number of nitrogens with zero attached hydrogens (tertiary/aromatic N) is 1. The largest absolute Gasteiger partial charge is 0.507 e. The number of aryl methyl sites for hydroxylation is 1. The van der Waals surface area contributed by atoms with Crippen molar-refractivity contribution in [1.82, 2.24) is 4.90 Å². The molecule has 2 aliphatic rings. The number of phenols is 1. The standard InChI is InChI=1S/C20H25NO3/c1-12-5-3-6-13(2)21(12)11-14-9-17-15-7-4-8-16(15)20(23)24-19(17)10-18(14)22/h9-10,12-13,22H,3-8,11H2,1-2H3/t12-,13+. The van der Waals surface area contributed by atoms with Gasteiger partial charge in [-0.1, -0.05) is 6.42 Å². The molecule has 4 heteroatoms. The Bertz CT molecular complexity index is 829. The second-order valence-electron chi connectivity index (χ2n) is 7.48. The molecule has 1 aromatic carbocycles. The number of aromatic hydroxyl groups is 1. The van der Waals surface area contributed by atoms with Gasteiger partial charge < -0.3 is 9.52 Å². The summed E-state index contributed by atoms with van der Waals surface area (Å²) in [4.78, 5) is 14.5. The van der Waals surface area contributed by atoms with E-state index >= 15 is 0 Å². The number of likely N-dealkylation sites (tertiary alicyclic amines) is 1. The molecule has 1 aliphatic carbocycles. The highest BCUT2D eigenvalue weighted by atomic mass is 16.4. The molecule has 1 aliphatic heterocycles. The van der Waals surface area contributed by atoms with Crippen LogP contribution >= 0.6 is 0 Å². The summed E-state index contributed by atoms with van der Waals surface area (Å²) in [5.74, 6) is 0.230. The van der Waals surface area contributed by atoms with Crippen LogP contribution < -0.4 is 5.63 Å². The summed E-state index contributed by atoms with van der Waals surface area (Å²) in [7, 11) is 0. The van der Waals surface area contributed by atoms with Gasteiger partial charge in [-0.2, -0.15) is 0 Å². The molecule has 4 nitrogen and oxygen atoms in total. The molecule has 2 aromatic rings. The zero-order chi connectivity index (χ0) is 16.8.